The predicted molar refractivity (Wildman–Crippen MR) is 192 cm³/mol. The Morgan fingerprint density at radius 2 is 0.889 bits per heavy atom. The fourth-order valence-electron chi connectivity index (χ4n) is 6.44. The van der Waals surface area contributed by atoms with Crippen LogP contribution < -0.4 is 4.90 Å². The molecule has 212 valence electrons. The molecule has 0 saturated carbocycles. The van der Waals surface area contributed by atoms with Crippen LogP contribution in [0, 0.1) is 0 Å². The van der Waals surface area contributed by atoms with Crippen molar-refractivity contribution in [2.24, 2.45) is 0 Å². The van der Waals surface area contributed by atoms with Gasteiger partial charge in [0.05, 0.1) is 0 Å². The maximum absolute atomic E-state index is 6.30. The molecule has 0 bridgehead atoms. The van der Waals surface area contributed by atoms with Gasteiger partial charge in [-0.1, -0.05) is 103 Å². The number of anilines is 3. The molecule has 0 amide bonds. The summed E-state index contributed by atoms with van der Waals surface area (Å²) in [6.45, 7) is 0. The van der Waals surface area contributed by atoms with Crippen LogP contribution in [0.2, 0.25) is 0 Å². The minimum Gasteiger partial charge on any atom is -0.456 e. The molecular weight excluding hydrogens is 567 g/mol. The van der Waals surface area contributed by atoms with E-state index in [1.54, 1.807) is 0 Å². The maximum atomic E-state index is 6.30. The first kappa shape index (κ1) is 25.8. The van der Waals surface area contributed by atoms with Crippen LogP contribution in [0.4, 0.5) is 17.1 Å². The molecule has 0 N–H and O–H groups in total. The van der Waals surface area contributed by atoms with Crippen molar-refractivity contribution < 1.29 is 4.42 Å². The van der Waals surface area contributed by atoms with E-state index in [1.807, 2.05) is 23.5 Å². The highest BCUT2D eigenvalue weighted by molar-refractivity contribution is 7.25. The molecule has 0 atom stereocenters. The summed E-state index contributed by atoms with van der Waals surface area (Å²) >= 11 is 1.86. The second-order valence-electron chi connectivity index (χ2n) is 11.4. The molecule has 0 spiro atoms. The van der Waals surface area contributed by atoms with Crippen LogP contribution in [0.3, 0.4) is 0 Å². The Hall–Kier alpha value is -5.64. The fraction of sp³-hybridized carbons (Fsp3) is 0. The second kappa shape index (κ2) is 10.5. The third-order valence-corrected chi connectivity index (χ3v) is 9.82. The summed E-state index contributed by atoms with van der Waals surface area (Å²) in [4.78, 5) is 2.31. The summed E-state index contributed by atoms with van der Waals surface area (Å²) in [7, 11) is 0. The van der Waals surface area contributed by atoms with Crippen LogP contribution in [0.15, 0.2) is 168 Å². The van der Waals surface area contributed by atoms with Gasteiger partial charge in [0.25, 0.3) is 0 Å². The van der Waals surface area contributed by atoms with Crippen LogP contribution in [-0.4, -0.2) is 0 Å². The first-order valence-corrected chi connectivity index (χ1v) is 16.0. The zero-order valence-corrected chi connectivity index (χ0v) is 25.2. The average molecular weight is 594 g/mol. The van der Waals surface area contributed by atoms with E-state index in [1.165, 1.54) is 42.4 Å². The fourth-order valence-corrected chi connectivity index (χ4v) is 7.59. The van der Waals surface area contributed by atoms with Gasteiger partial charge in [-0.3, -0.25) is 0 Å². The summed E-state index contributed by atoms with van der Waals surface area (Å²) in [6.07, 6.45) is 0. The number of fused-ring (bicyclic) bond motifs is 6. The Balaban J connectivity index is 1.13. The predicted octanol–water partition coefficient (Wildman–Crippen LogP) is 12.8. The largest absolute Gasteiger partial charge is 0.456 e. The van der Waals surface area contributed by atoms with E-state index in [4.69, 9.17) is 4.42 Å². The molecule has 3 heteroatoms. The summed E-state index contributed by atoms with van der Waals surface area (Å²) in [6, 6.07) is 58.5. The monoisotopic (exact) mass is 593 g/mol. The lowest BCUT2D eigenvalue weighted by Gasteiger charge is -2.26. The molecule has 2 aromatic heterocycles. The molecule has 0 unspecified atom stereocenters. The zero-order valence-electron chi connectivity index (χ0n) is 24.4. The quantitative estimate of drug-likeness (QED) is 0.197. The summed E-state index contributed by atoms with van der Waals surface area (Å²) < 4.78 is 8.95. The number of para-hydroxylation sites is 1. The van der Waals surface area contributed by atoms with Crippen molar-refractivity contribution >= 4 is 70.5 Å². The first-order chi connectivity index (χ1) is 22.3. The number of hydrogen-bond acceptors (Lipinski definition) is 3. The second-order valence-corrected chi connectivity index (χ2v) is 12.5. The topological polar surface area (TPSA) is 16.4 Å². The molecule has 0 aliphatic rings. The van der Waals surface area contributed by atoms with Gasteiger partial charge in [0.2, 0.25) is 0 Å². The number of thiophene rings is 1. The van der Waals surface area contributed by atoms with Crippen LogP contribution in [0.5, 0.6) is 0 Å². The Labute approximate surface area is 265 Å². The normalized spacial score (nSPS) is 11.6. The van der Waals surface area contributed by atoms with Crippen molar-refractivity contribution in [2.45, 2.75) is 0 Å². The van der Waals surface area contributed by atoms with E-state index in [0.717, 1.165) is 39.0 Å². The van der Waals surface area contributed by atoms with Crippen LogP contribution in [0.25, 0.3) is 64.4 Å². The first-order valence-electron chi connectivity index (χ1n) is 15.2. The van der Waals surface area contributed by atoms with Gasteiger partial charge in [0.15, 0.2) is 0 Å². The molecule has 2 nitrogen and oxygen atoms in total. The molecule has 0 saturated heterocycles. The summed E-state index contributed by atoms with van der Waals surface area (Å²) in [5.41, 5.74) is 9.84. The lowest BCUT2D eigenvalue weighted by atomic mass is 10.0. The van der Waals surface area contributed by atoms with Crippen molar-refractivity contribution in [3.05, 3.63) is 164 Å². The van der Waals surface area contributed by atoms with Crippen LogP contribution >= 0.6 is 11.3 Å². The van der Waals surface area contributed by atoms with Gasteiger partial charge in [0.1, 0.15) is 11.2 Å². The summed E-state index contributed by atoms with van der Waals surface area (Å²) in [5, 5.41) is 4.91. The lowest BCUT2D eigenvalue weighted by molar-refractivity contribution is 0.669. The summed E-state index contributed by atoms with van der Waals surface area (Å²) in [5.74, 6) is 0. The van der Waals surface area contributed by atoms with Gasteiger partial charge in [-0.2, -0.15) is 0 Å². The molecule has 0 fully saturated rings. The molecule has 2 heterocycles. The SMILES string of the molecule is c1ccc(-c2ccc(N(c3ccc(-c4ccc5c(c4)sc4ccccc45)cc3)c3ccc4c(c3)oc3ccccc34)cc2)cc1. The third kappa shape index (κ3) is 4.48. The van der Waals surface area contributed by atoms with E-state index in [0.29, 0.717) is 0 Å². The highest BCUT2D eigenvalue weighted by atomic mass is 32.1. The number of furan rings is 1. The van der Waals surface area contributed by atoms with Gasteiger partial charge >= 0.3 is 0 Å². The van der Waals surface area contributed by atoms with E-state index in [-0.39, 0.29) is 0 Å². The molecule has 9 rings (SSSR count). The Bertz CT molecular complexity index is 2470. The van der Waals surface area contributed by atoms with Gasteiger partial charge < -0.3 is 9.32 Å². The Kier molecular flexibility index (Phi) is 6.03. The molecule has 0 radical (unpaired) electrons. The van der Waals surface area contributed by atoms with Crippen molar-refractivity contribution in [3.8, 4) is 22.3 Å². The number of rotatable bonds is 5. The van der Waals surface area contributed by atoms with Crippen molar-refractivity contribution in [3.63, 3.8) is 0 Å². The molecule has 7 aromatic carbocycles. The molecule has 9 aromatic rings. The van der Waals surface area contributed by atoms with Crippen LogP contribution in [-0.2, 0) is 0 Å². The van der Waals surface area contributed by atoms with Gasteiger partial charge in [0, 0.05) is 54.1 Å². The average Bonchev–Trinajstić information content (AvgIpc) is 3.67. The van der Waals surface area contributed by atoms with Gasteiger partial charge in [-0.25, -0.2) is 0 Å². The highest BCUT2D eigenvalue weighted by Crippen LogP contribution is 2.41. The number of nitrogens with zero attached hydrogens (tertiary/aromatic N) is 1. The third-order valence-electron chi connectivity index (χ3n) is 8.69. The smallest absolute Gasteiger partial charge is 0.137 e. The molecule has 0 aliphatic heterocycles. The van der Waals surface area contributed by atoms with Crippen molar-refractivity contribution in [1.29, 1.82) is 0 Å². The standard InChI is InChI=1S/C42H27NOS/c1-2-8-28(9-3-1)29-14-19-32(20-15-29)43(34-23-25-36-35-10-4-6-12-39(35)44-40(36)27-34)33-21-16-30(17-22-33)31-18-24-38-37-11-5-7-13-41(37)45-42(38)26-31/h1-27H. The van der Waals surface area contributed by atoms with Crippen molar-refractivity contribution in [2.75, 3.05) is 4.90 Å². The molecule has 0 aliphatic carbocycles. The van der Waals surface area contributed by atoms with E-state index in [9.17, 15) is 0 Å². The zero-order chi connectivity index (χ0) is 29.7. The van der Waals surface area contributed by atoms with E-state index >= 15 is 0 Å². The van der Waals surface area contributed by atoms with Crippen molar-refractivity contribution in [1.82, 2.24) is 0 Å². The van der Waals surface area contributed by atoms with Gasteiger partial charge in [-0.05, 0) is 76.9 Å². The lowest BCUT2D eigenvalue weighted by Crippen LogP contribution is -2.09. The minimum atomic E-state index is 0.882. The van der Waals surface area contributed by atoms with Crippen LogP contribution in [0.1, 0.15) is 0 Å². The van der Waals surface area contributed by atoms with E-state index in [2.05, 4.69) is 157 Å². The highest BCUT2D eigenvalue weighted by Gasteiger charge is 2.16. The Morgan fingerprint density at radius 1 is 0.356 bits per heavy atom. The molecule has 45 heavy (non-hydrogen) atoms. The molecular formula is C42H27NOS. The van der Waals surface area contributed by atoms with Gasteiger partial charge in [-0.15, -0.1) is 11.3 Å². The number of benzene rings is 7. The maximum Gasteiger partial charge on any atom is 0.137 e. The van der Waals surface area contributed by atoms with E-state index < -0.39 is 0 Å². The Morgan fingerprint density at radius 3 is 1.67 bits per heavy atom. The number of hydrogen-bond donors (Lipinski definition) is 0. The minimum absolute atomic E-state index is 0.882.